The number of rotatable bonds is 4. The van der Waals surface area contributed by atoms with E-state index in [1.165, 1.54) is 0 Å². The van der Waals surface area contributed by atoms with Crippen LogP contribution in [0.3, 0.4) is 0 Å². The number of aromatic nitrogens is 3. The predicted molar refractivity (Wildman–Crippen MR) is 131 cm³/mol. The molecule has 7 nitrogen and oxygen atoms in total. The number of nitrogens with one attached hydrogen (secondary N) is 2. The lowest BCUT2D eigenvalue weighted by molar-refractivity contribution is 0.0893. The predicted octanol–water partition coefficient (Wildman–Crippen LogP) is 3.74. The van der Waals surface area contributed by atoms with Gasteiger partial charge in [-0.3, -0.25) is 14.7 Å². The van der Waals surface area contributed by atoms with Crippen LogP contribution < -0.4 is 5.32 Å². The van der Waals surface area contributed by atoms with Crippen LogP contribution in [-0.4, -0.2) is 56.1 Å². The number of halogens is 1. The van der Waals surface area contributed by atoms with Gasteiger partial charge in [0.1, 0.15) is 11.3 Å². The first-order valence-corrected chi connectivity index (χ1v) is 11.8. The Hall–Kier alpha value is -3.26. The minimum absolute atomic E-state index is 0.0500. The van der Waals surface area contributed by atoms with Gasteiger partial charge in [-0.15, -0.1) is 0 Å². The number of aliphatic hydroxyl groups excluding tert-OH is 1. The molecule has 1 fully saturated rings. The molecule has 0 spiro atoms. The van der Waals surface area contributed by atoms with Crippen LogP contribution in [0.1, 0.15) is 34.1 Å². The molecule has 3 atom stereocenters. The van der Waals surface area contributed by atoms with E-state index < -0.39 is 0 Å². The van der Waals surface area contributed by atoms with E-state index in [1.54, 1.807) is 18.5 Å². The SMILES string of the molecule is O=C(N[C@@H]1c2c(Cl)cccc2C[C@H]1N1CC[C@@H](O)C1)c1ccc(-c2ccnc3[nH]ccc23)cn1. The number of fused-ring (bicyclic) bond motifs is 2. The van der Waals surface area contributed by atoms with Gasteiger partial charge >= 0.3 is 0 Å². The fraction of sp³-hybridized carbons (Fsp3) is 0.269. The molecule has 0 bridgehead atoms. The third-order valence-electron chi connectivity index (χ3n) is 6.99. The van der Waals surface area contributed by atoms with Crippen LogP contribution in [0.5, 0.6) is 0 Å². The second kappa shape index (κ2) is 8.51. The summed E-state index contributed by atoms with van der Waals surface area (Å²) in [5.41, 5.74) is 5.20. The van der Waals surface area contributed by atoms with Crippen molar-refractivity contribution in [3.63, 3.8) is 0 Å². The van der Waals surface area contributed by atoms with Crippen LogP contribution in [-0.2, 0) is 6.42 Å². The molecule has 1 amide bonds. The molecule has 1 aromatic carbocycles. The Kier molecular flexibility index (Phi) is 5.32. The maximum Gasteiger partial charge on any atom is 0.270 e. The van der Waals surface area contributed by atoms with Crippen LogP contribution in [0.2, 0.25) is 5.02 Å². The number of hydrogen-bond donors (Lipinski definition) is 3. The second-order valence-corrected chi connectivity index (χ2v) is 9.41. The van der Waals surface area contributed by atoms with Gasteiger partial charge in [0.15, 0.2) is 0 Å². The lowest BCUT2D eigenvalue weighted by Crippen LogP contribution is -2.44. The van der Waals surface area contributed by atoms with Crippen molar-refractivity contribution in [1.29, 1.82) is 0 Å². The second-order valence-electron chi connectivity index (χ2n) is 9.00. The molecule has 34 heavy (non-hydrogen) atoms. The molecule has 8 heteroatoms. The molecule has 172 valence electrons. The largest absolute Gasteiger partial charge is 0.392 e. The number of β-amino-alcohol motifs (C(OH)–C–C–N with tert-alkyl or cyclic N) is 1. The van der Waals surface area contributed by atoms with Gasteiger partial charge in [-0.1, -0.05) is 29.8 Å². The van der Waals surface area contributed by atoms with E-state index in [0.29, 0.717) is 17.3 Å². The van der Waals surface area contributed by atoms with E-state index >= 15 is 0 Å². The van der Waals surface area contributed by atoms with Crippen molar-refractivity contribution in [2.24, 2.45) is 0 Å². The molecule has 4 aromatic rings. The van der Waals surface area contributed by atoms with Crippen LogP contribution in [0.15, 0.2) is 61.1 Å². The zero-order valence-corrected chi connectivity index (χ0v) is 19.2. The van der Waals surface area contributed by atoms with E-state index in [-0.39, 0.29) is 24.1 Å². The van der Waals surface area contributed by atoms with E-state index in [0.717, 1.165) is 52.7 Å². The van der Waals surface area contributed by atoms with E-state index in [1.807, 2.05) is 36.5 Å². The summed E-state index contributed by atoms with van der Waals surface area (Å²) in [6.45, 7) is 1.41. The van der Waals surface area contributed by atoms with Crippen molar-refractivity contribution >= 4 is 28.5 Å². The molecule has 0 saturated carbocycles. The number of aliphatic hydroxyl groups is 1. The maximum atomic E-state index is 13.3. The maximum absolute atomic E-state index is 13.3. The number of amides is 1. The number of carbonyl (C=O) groups excluding carboxylic acids is 1. The minimum Gasteiger partial charge on any atom is -0.392 e. The molecule has 1 saturated heterocycles. The Balaban J connectivity index is 1.27. The van der Waals surface area contributed by atoms with E-state index in [4.69, 9.17) is 11.6 Å². The Morgan fingerprint density at radius 3 is 2.88 bits per heavy atom. The summed E-state index contributed by atoms with van der Waals surface area (Å²) in [7, 11) is 0. The quantitative estimate of drug-likeness (QED) is 0.420. The van der Waals surface area contributed by atoms with Crippen molar-refractivity contribution in [2.75, 3.05) is 13.1 Å². The van der Waals surface area contributed by atoms with Gasteiger partial charge in [0.2, 0.25) is 0 Å². The molecule has 0 unspecified atom stereocenters. The average Bonchev–Trinajstić information content (AvgIpc) is 3.58. The van der Waals surface area contributed by atoms with Gasteiger partial charge in [0, 0.05) is 53.7 Å². The summed E-state index contributed by atoms with van der Waals surface area (Å²) in [5.74, 6) is -0.240. The van der Waals surface area contributed by atoms with Gasteiger partial charge in [0.25, 0.3) is 5.91 Å². The summed E-state index contributed by atoms with van der Waals surface area (Å²) >= 11 is 6.58. The summed E-state index contributed by atoms with van der Waals surface area (Å²) < 4.78 is 0. The number of H-pyrrole nitrogens is 1. The zero-order valence-electron chi connectivity index (χ0n) is 18.4. The highest BCUT2D eigenvalue weighted by Crippen LogP contribution is 2.40. The van der Waals surface area contributed by atoms with Gasteiger partial charge < -0.3 is 15.4 Å². The Bertz CT molecular complexity index is 1370. The van der Waals surface area contributed by atoms with Gasteiger partial charge in [-0.05, 0) is 53.8 Å². The topological polar surface area (TPSA) is 94.1 Å². The number of nitrogens with zero attached hydrogens (tertiary/aromatic N) is 3. The number of aromatic amines is 1. The smallest absolute Gasteiger partial charge is 0.270 e. The highest BCUT2D eigenvalue weighted by molar-refractivity contribution is 6.31. The normalized spacial score (nSPS) is 22.2. The molecule has 0 radical (unpaired) electrons. The van der Waals surface area contributed by atoms with Crippen molar-refractivity contribution in [3.05, 3.63) is 82.9 Å². The highest BCUT2D eigenvalue weighted by Gasteiger charge is 2.41. The molecule has 1 aliphatic carbocycles. The first-order valence-electron chi connectivity index (χ1n) is 11.5. The Labute approximate surface area is 201 Å². The van der Waals surface area contributed by atoms with Crippen molar-refractivity contribution in [1.82, 2.24) is 25.2 Å². The number of pyridine rings is 2. The number of benzene rings is 1. The standard InChI is InChI=1S/C26H24ClN5O2/c27-20-3-1-2-15-12-22(32-11-8-17(33)14-32)24(23(15)20)31-26(34)21-5-4-16(13-30-21)18-6-9-28-25-19(18)7-10-29-25/h1-7,9-10,13,17,22,24,33H,8,11-12,14H2,(H,28,29)(H,31,34)/t17-,22-,24+/m1/s1. The zero-order chi connectivity index (χ0) is 23.2. The van der Waals surface area contributed by atoms with Gasteiger partial charge in [-0.25, -0.2) is 4.98 Å². The lowest BCUT2D eigenvalue weighted by atomic mass is 10.0. The van der Waals surface area contributed by atoms with Gasteiger partial charge in [0.05, 0.1) is 12.1 Å². The number of hydrogen-bond acceptors (Lipinski definition) is 5. The fourth-order valence-corrected chi connectivity index (χ4v) is 5.65. The summed E-state index contributed by atoms with van der Waals surface area (Å²) in [4.78, 5) is 27.4. The summed E-state index contributed by atoms with van der Waals surface area (Å²) in [6.07, 6.45) is 6.54. The minimum atomic E-state index is -0.329. The van der Waals surface area contributed by atoms with Crippen LogP contribution in [0.25, 0.3) is 22.2 Å². The number of carbonyl (C=O) groups is 1. The van der Waals surface area contributed by atoms with E-state index in [9.17, 15) is 9.90 Å². The first-order chi connectivity index (χ1) is 16.6. The third-order valence-corrected chi connectivity index (χ3v) is 7.32. The molecule has 3 aromatic heterocycles. The Morgan fingerprint density at radius 1 is 1.18 bits per heavy atom. The molecule has 4 heterocycles. The number of likely N-dealkylation sites (tertiary alicyclic amines) is 1. The van der Waals surface area contributed by atoms with Crippen LogP contribution in [0, 0.1) is 0 Å². The summed E-state index contributed by atoms with van der Waals surface area (Å²) in [5, 5.41) is 14.9. The fourth-order valence-electron chi connectivity index (χ4n) is 5.34. The van der Waals surface area contributed by atoms with E-state index in [2.05, 4.69) is 31.2 Å². The van der Waals surface area contributed by atoms with Crippen LogP contribution in [0.4, 0.5) is 0 Å². The lowest BCUT2D eigenvalue weighted by Gasteiger charge is -2.30. The average molecular weight is 474 g/mol. The monoisotopic (exact) mass is 473 g/mol. The molecule has 6 rings (SSSR count). The first kappa shape index (κ1) is 21.3. The molecule has 3 N–H and O–H groups in total. The molecular weight excluding hydrogens is 450 g/mol. The van der Waals surface area contributed by atoms with Crippen LogP contribution >= 0.6 is 11.6 Å². The molecule has 1 aliphatic heterocycles. The van der Waals surface area contributed by atoms with Crippen molar-refractivity contribution in [2.45, 2.75) is 31.0 Å². The highest BCUT2D eigenvalue weighted by atomic mass is 35.5. The molecule has 2 aliphatic rings. The third kappa shape index (κ3) is 3.66. The molecular formula is C26H24ClN5O2. The van der Waals surface area contributed by atoms with Crippen molar-refractivity contribution in [3.8, 4) is 11.1 Å². The summed E-state index contributed by atoms with van der Waals surface area (Å²) in [6, 6.07) is 13.3. The van der Waals surface area contributed by atoms with Crippen molar-refractivity contribution < 1.29 is 9.90 Å². The Morgan fingerprint density at radius 2 is 2.09 bits per heavy atom. The van der Waals surface area contributed by atoms with Gasteiger partial charge in [-0.2, -0.15) is 0 Å².